The van der Waals surface area contributed by atoms with Crippen LogP contribution >= 0.6 is 0 Å². The van der Waals surface area contributed by atoms with E-state index in [-0.39, 0.29) is 0 Å². The summed E-state index contributed by atoms with van der Waals surface area (Å²) >= 11 is 0. The van der Waals surface area contributed by atoms with Gasteiger partial charge in [-0.05, 0) is 18.6 Å². The van der Waals surface area contributed by atoms with E-state index in [4.69, 9.17) is 9.47 Å². The molecule has 2 rings (SSSR count). The van der Waals surface area contributed by atoms with Crippen LogP contribution < -0.4 is 0 Å². The fraction of sp³-hybridized carbons (Fsp3) is 0.600. The van der Waals surface area contributed by atoms with Gasteiger partial charge in [-0.2, -0.15) is 0 Å². The molecular weight excluding hydrogens is 152 g/mol. The van der Waals surface area contributed by atoms with E-state index in [1.165, 1.54) is 11.3 Å². The lowest BCUT2D eigenvalue weighted by Gasteiger charge is -2.13. The molecule has 66 valence electrons. The molecule has 1 heterocycles. The van der Waals surface area contributed by atoms with Gasteiger partial charge in [0.25, 0.3) is 0 Å². The quantitative estimate of drug-likeness (QED) is 0.595. The highest BCUT2D eigenvalue weighted by Gasteiger charge is 2.25. The molecule has 2 heteroatoms. The predicted octanol–water partition coefficient (Wildman–Crippen LogP) is 2.37. The third kappa shape index (κ3) is 1.22. The third-order valence-corrected chi connectivity index (χ3v) is 2.44. The maximum atomic E-state index is 5.64. The summed E-state index contributed by atoms with van der Waals surface area (Å²) in [6.07, 6.45) is 5.44. The third-order valence-electron chi connectivity index (χ3n) is 2.44. The van der Waals surface area contributed by atoms with Crippen LogP contribution in [-0.2, 0) is 9.47 Å². The summed E-state index contributed by atoms with van der Waals surface area (Å²) < 4.78 is 10.8. The number of allylic oxidation sites excluding steroid dienone is 2. The number of methoxy groups -OCH3 is 1. The average molecular weight is 166 g/mol. The van der Waals surface area contributed by atoms with E-state index in [0.29, 0.717) is 6.10 Å². The lowest BCUT2D eigenvalue weighted by atomic mass is 10.0. The van der Waals surface area contributed by atoms with Crippen LogP contribution in [0.5, 0.6) is 0 Å². The fourth-order valence-corrected chi connectivity index (χ4v) is 1.84. The van der Waals surface area contributed by atoms with E-state index in [1.54, 1.807) is 7.11 Å². The first-order valence-corrected chi connectivity index (χ1v) is 4.40. The Hall–Kier alpha value is -0.920. The molecule has 0 aromatic heterocycles. The highest BCUT2D eigenvalue weighted by atomic mass is 16.5. The van der Waals surface area contributed by atoms with Crippen molar-refractivity contribution in [2.45, 2.75) is 32.3 Å². The van der Waals surface area contributed by atoms with Crippen LogP contribution in [0.25, 0.3) is 0 Å². The molecule has 0 fully saturated rings. The SMILES string of the molecule is COC1=CCC2=C(C1)CC(C)O2. The number of hydrogen-bond acceptors (Lipinski definition) is 2. The highest BCUT2D eigenvalue weighted by molar-refractivity contribution is 5.26. The van der Waals surface area contributed by atoms with Crippen molar-refractivity contribution in [2.75, 3.05) is 7.11 Å². The normalized spacial score (nSPS) is 27.8. The Bertz CT molecular complexity index is 251. The van der Waals surface area contributed by atoms with Gasteiger partial charge in [-0.15, -0.1) is 0 Å². The number of rotatable bonds is 1. The lowest BCUT2D eigenvalue weighted by Crippen LogP contribution is -1.97. The standard InChI is InChI=1S/C10H14O2/c1-7-5-8-6-9(11-2)3-4-10(8)12-7/h3,7H,4-6H2,1-2H3. The van der Waals surface area contributed by atoms with E-state index in [2.05, 4.69) is 13.0 Å². The van der Waals surface area contributed by atoms with E-state index >= 15 is 0 Å². The van der Waals surface area contributed by atoms with Crippen LogP contribution in [0.1, 0.15) is 26.2 Å². The Morgan fingerprint density at radius 3 is 3.17 bits per heavy atom. The van der Waals surface area contributed by atoms with Crippen LogP contribution in [-0.4, -0.2) is 13.2 Å². The van der Waals surface area contributed by atoms with Crippen LogP contribution in [0.2, 0.25) is 0 Å². The molecule has 2 aliphatic rings. The highest BCUT2D eigenvalue weighted by Crippen LogP contribution is 2.35. The van der Waals surface area contributed by atoms with Crippen molar-refractivity contribution >= 4 is 0 Å². The van der Waals surface area contributed by atoms with Gasteiger partial charge >= 0.3 is 0 Å². The van der Waals surface area contributed by atoms with Crippen LogP contribution in [0, 0.1) is 0 Å². The topological polar surface area (TPSA) is 18.5 Å². The van der Waals surface area contributed by atoms with Crippen molar-refractivity contribution in [1.29, 1.82) is 0 Å². The van der Waals surface area contributed by atoms with E-state index in [9.17, 15) is 0 Å². The van der Waals surface area contributed by atoms with Gasteiger partial charge in [0, 0.05) is 19.3 Å². The van der Waals surface area contributed by atoms with Crippen molar-refractivity contribution in [1.82, 2.24) is 0 Å². The van der Waals surface area contributed by atoms with Crippen LogP contribution in [0.15, 0.2) is 23.2 Å². The van der Waals surface area contributed by atoms with Crippen molar-refractivity contribution in [3.8, 4) is 0 Å². The van der Waals surface area contributed by atoms with Gasteiger partial charge in [-0.3, -0.25) is 0 Å². The summed E-state index contributed by atoms with van der Waals surface area (Å²) in [5, 5.41) is 0. The Morgan fingerprint density at radius 2 is 2.42 bits per heavy atom. The largest absolute Gasteiger partial charge is 0.501 e. The summed E-state index contributed by atoms with van der Waals surface area (Å²) in [6.45, 7) is 2.12. The van der Waals surface area contributed by atoms with Gasteiger partial charge in [-0.1, -0.05) is 0 Å². The molecule has 2 nitrogen and oxygen atoms in total. The zero-order valence-corrected chi connectivity index (χ0v) is 7.59. The molecule has 0 saturated heterocycles. The van der Waals surface area contributed by atoms with Crippen LogP contribution in [0.3, 0.4) is 0 Å². The first kappa shape index (κ1) is 7.71. The molecule has 0 bridgehead atoms. The second-order valence-electron chi connectivity index (χ2n) is 3.41. The van der Waals surface area contributed by atoms with Crippen molar-refractivity contribution in [3.05, 3.63) is 23.2 Å². The van der Waals surface area contributed by atoms with Crippen molar-refractivity contribution in [2.24, 2.45) is 0 Å². The molecule has 1 aliphatic carbocycles. The molecule has 1 unspecified atom stereocenters. The minimum atomic E-state index is 0.375. The minimum absolute atomic E-state index is 0.375. The maximum Gasteiger partial charge on any atom is 0.100 e. The van der Waals surface area contributed by atoms with Crippen molar-refractivity contribution < 1.29 is 9.47 Å². The molecule has 0 saturated carbocycles. The summed E-state index contributed by atoms with van der Waals surface area (Å²) in [5.74, 6) is 2.27. The number of ether oxygens (including phenoxy) is 2. The van der Waals surface area contributed by atoms with Crippen molar-refractivity contribution in [3.63, 3.8) is 0 Å². The Labute approximate surface area is 72.9 Å². The maximum absolute atomic E-state index is 5.64. The summed E-state index contributed by atoms with van der Waals surface area (Å²) in [6, 6.07) is 0. The minimum Gasteiger partial charge on any atom is -0.501 e. The molecule has 0 amide bonds. The summed E-state index contributed by atoms with van der Waals surface area (Å²) in [7, 11) is 1.73. The number of hydrogen-bond donors (Lipinski definition) is 0. The fourth-order valence-electron chi connectivity index (χ4n) is 1.84. The zero-order chi connectivity index (χ0) is 8.55. The molecule has 1 aliphatic heterocycles. The first-order chi connectivity index (χ1) is 5.79. The van der Waals surface area contributed by atoms with Gasteiger partial charge in [-0.25, -0.2) is 0 Å². The van der Waals surface area contributed by atoms with Crippen LogP contribution in [0.4, 0.5) is 0 Å². The van der Waals surface area contributed by atoms with Gasteiger partial charge < -0.3 is 9.47 Å². The molecule has 0 aromatic rings. The molecule has 12 heavy (non-hydrogen) atoms. The zero-order valence-electron chi connectivity index (χ0n) is 7.59. The van der Waals surface area contributed by atoms with Gasteiger partial charge in [0.1, 0.15) is 5.76 Å². The second kappa shape index (κ2) is 2.85. The van der Waals surface area contributed by atoms with Gasteiger partial charge in [0.2, 0.25) is 0 Å². The lowest BCUT2D eigenvalue weighted by molar-refractivity contribution is 0.156. The Balaban J connectivity index is 2.08. The smallest absolute Gasteiger partial charge is 0.100 e. The average Bonchev–Trinajstić information content (AvgIpc) is 2.43. The molecule has 0 radical (unpaired) electrons. The van der Waals surface area contributed by atoms with E-state index in [1.807, 2.05) is 0 Å². The van der Waals surface area contributed by atoms with E-state index in [0.717, 1.165) is 25.0 Å². The second-order valence-corrected chi connectivity index (χ2v) is 3.41. The molecular formula is C10H14O2. The Morgan fingerprint density at radius 1 is 1.58 bits per heavy atom. The Kier molecular flexibility index (Phi) is 1.83. The van der Waals surface area contributed by atoms with Gasteiger partial charge in [0.15, 0.2) is 0 Å². The molecule has 1 atom stereocenters. The first-order valence-electron chi connectivity index (χ1n) is 4.40. The molecule has 0 aromatic carbocycles. The summed E-state index contributed by atoms with van der Waals surface area (Å²) in [5.41, 5.74) is 1.43. The summed E-state index contributed by atoms with van der Waals surface area (Å²) in [4.78, 5) is 0. The monoisotopic (exact) mass is 166 g/mol. The van der Waals surface area contributed by atoms with Gasteiger partial charge in [0.05, 0.1) is 19.0 Å². The molecule has 0 N–H and O–H groups in total. The predicted molar refractivity (Wildman–Crippen MR) is 46.5 cm³/mol. The molecule has 0 spiro atoms. The van der Waals surface area contributed by atoms with E-state index < -0.39 is 0 Å².